The molecule has 2 atom stereocenters. The second-order valence-corrected chi connectivity index (χ2v) is 7.49. The van der Waals surface area contributed by atoms with Gasteiger partial charge < -0.3 is 10.6 Å². The molecule has 7 heteroatoms. The molecule has 1 aromatic heterocycles. The van der Waals surface area contributed by atoms with Crippen LogP contribution in [-0.2, 0) is 16.6 Å². The predicted octanol–water partition coefficient (Wildman–Crippen LogP) is 3.08. The zero-order valence-electron chi connectivity index (χ0n) is 13.6. The van der Waals surface area contributed by atoms with Gasteiger partial charge in [0.25, 0.3) is 0 Å². The number of halogens is 2. The highest BCUT2D eigenvalue weighted by atomic mass is 35.5. The van der Waals surface area contributed by atoms with Crippen LogP contribution in [0, 0.1) is 0 Å². The SMILES string of the molecule is CC1NCCCC1NC(=O)Cc1csc(C(C)(C)C)n1.Cl.Cl. The van der Waals surface area contributed by atoms with Crippen LogP contribution in [0.3, 0.4) is 0 Å². The molecule has 2 rings (SSSR count). The van der Waals surface area contributed by atoms with Gasteiger partial charge in [-0.3, -0.25) is 4.79 Å². The standard InChI is InChI=1S/C15H25N3OS.2ClH/c1-10-12(6-5-7-16-10)18-13(19)8-11-9-20-14(17-11)15(2,3)4;;/h9-10,12,16H,5-8H2,1-4H3,(H,18,19);2*1H. The average molecular weight is 368 g/mol. The van der Waals surface area contributed by atoms with Crippen molar-refractivity contribution < 1.29 is 4.79 Å². The van der Waals surface area contributed by atoms with Crippen LogP contribution in [0.1, 0.15) is 51.2 Å². The van der Waals surface area contributed by atoms with Crippen molar-refractivity contribution in [2.24, 2.45) is 0 Å². The van der Waals surface area contributed by atoms with Gasteiger partial charge in [-0.25, -0.2) is 4.98 Å². The fourth-order valence-corrected chi connectivity index (χ4v) is 3.30. The highest BCUT2D eigenvalue weighted by Gasteiger charge is 2.23. The first kappa shape index (κ1) is 21.6. The van der Waals surface area contributed by atoms with E-state index in [1.54, 1.807) is 11.3 Å². The molecule has 0 saturated carbocycles. The molecule has 128 valence electrons. The molecule has 4 nitrogen and oxygen atoms in total. The van der Waals surface area contributed by atoms with E-state index in [2.05, 4.69) is 43.3 Å². The van der Waals surface area contributed by atoms with Crippen molar-refractivity contribution in [3.63, 3.8) is 0 Å². The first-order valence-electron chi connectivity index (χ1n) is 7.34. The Hall–Kier alpha value is -0.360. The van der Waals surface area contributed by atoms with Gasteiger partial charge in [-0.2, -0.15) is 0 Å². The van der Waals surface area contributed by atoms with Crippen LogP contribution in [0.25, 0.3) is 0 Å². The lowest BCUT2D eigenvalue weighted by Crippen LogP contribution is -2.52. The van der Waals surface area contributed by atoms with Crippen LogP contribution in [-0.4, -0.2) is 29.5 Å². The maximum absolute atomic E-state index is 12.1. The van der Waals surface area contributed by atoms with Crippen molar-refractivity contribution in [1.82, 2.24) is 15.6 Å². The molecule has 1 amide bonds. The monoisotopic (exact) mass is 367 g/mol. The molecule has 2 heterocycles. The van der Waals surface area contributed by atoms with E-state index >= 15 is 0 Å². The van der Waals surface area contributed by atoms with Gasteiger partial charge in [0, 0.05) is 22.9 Å². The number of rotatable bonds is 3. The fourth-order valence-electron chi connectivity index (χ4n) is 2.40. The van der Waals surface area contributed by atoms with Crippen LogP contribution in [0.5, 0.6) is 0 Å². The van der Waals surface area contributed by atoms with E-state index in [1.165, 1.54) is 0 Å². The van der Waals surface area contributed by atoms with Crippen molar-refractivity contribution in [1.29, 1.82) is 0 Å². The van der Waals surface area contributed by atoms with Crippen LogP contribution in [0.4, 0.5) is 0 Å². The van der Waals surface area contributed by atoms with E-state index in [-0.39, 0.29) is 42.2 Å². The minimum atomic E-state index is 0. The van der Waals surface area contributed by atoms with E-state index in [1.807, 2.05) is 5.38 Å². The van der Waals surface area contributed by atoms with E-state index in [9.17, 15) is 4.79 Å². The van der Waals surface area contributed by atoms with Gasteiger partial charge in [0.2, 0.25) is 5.91 Å². The normalized spacial score (nSPS) is 21.5. The molecule has 2 unspecified atom stereocenters. The number of carbonyl (C=O) groups is 1. The summed E-state index contributed by atoms with van der Waals surface area (Å²) in [6.07, 6.45) is 2.57. The molecule has 0 radical (unpaired) electrons. The van der Waals surface area contributed by atoms with Crippen LogP contribution >= 0.6 is 36.2 Å². The summed E-state index contributed by atoms with van der Waals surface area (Å²) in [5, 5.41) is 9.62. The lowest BCUT2D eigenvalue weighted by atomic mass is 9.98. The number of hydrogen-bond donors (Lipinski definition) is 2. The third-order valence-corrected chi connectivity index (χ3v) is 4.96. The van der Waals surface area contributed by atoms with E-state index in [0.29, 0.717) is 12.5 Å². The Morgan fingerprint density at radius 2 is 2.14 bits per heavy atom. The number of amides is 1. The van der Waals surface area contributed by atoms with Gasteiger partial charge in [-0.05, 0) is 26.3 Å². The van der Waals surface area contributed by atoms with Gasteiger partial charge in [0.05, 0.1) is 17.1 Å². The molecule has 0 aromatic carbocycles. The molecule has 22 heavy (non-hydrogen) atoms. The summed E-state index contributed by atoms with van der Waals surface area (Å²) in [5.74, 6) is 0.0799. The fraction of sp³-hybridized carbons (Fsp3) is 0.733. The van der Waals surface area contributed by atoms with Crippen molar-refractivity contribution >= 4 is 42.1 Å². The van der Waals surface area contributed by atoms with Gasteiger partial charge in [-0.1, -0.05) is 20.8 Å². The zero-order valence-corrected chi connectivity index (χ0v) is 16.1. The topological polar surface area (TPSA) is 54.0 Å². The summed E-state index contributed by atoms with van der Waals surface area (Å²) < 4.78 is 0. The number of nitrogens with one attached hydrogen (secondary N) is 2. The summed E-state index contributed by atoms with van der Waals surface area (Å²) >= 11 is 1.64. The highest BCUT2D eigenvalue weighted by molar-refractivity contribution is 7.09. The van der Waals surface area contributed by atoms with Crippen molar-refractivity contribution in [3.05, 3.63) is 16.1 Å². The lowest BCUT2D eigenvalue weighted by Gasteiger charge is -2.30. The Labute approximate surface area is 149 Å². The Bertz CT molecular complexity index is 474. The summed E-state index contributed by atoms with van der Waals surface area (Å²) in [7, 11) is 0. The first-order valence-corrected chi connectivity index (χ1v) is 8.22. The van der Waals surface area contributed by atoms with Gasteiger partial charge in [0.15, 0.2) is 0 Å². The Balaban J connectivity index is 0.00000220. The van der Waals surface area contributed by atoms with Gasteiger partial charge in [0.1, 0.15) is 0 Å². The van der Waals surface area contributed by atoms with Crippen molar-refractivity contribution in [2.75, 3.05) is 6.54 Å². The predicted molar refractivity (Wildman–Crippen MR) is 97.6 cm³/mol. The Morgan fingerprint density at radius 1 is 1.45 bits per heavy atom. The zero-order chi connectivity index (χ0) is 14.8. The quantitative estimate of drug-likeness (QED) is 0.862. The van der Waals surface area contributed by atoms with E-state index in [4.69, 9.17) is 0 Å². The largest absolute Gasteiger partial charge is 0.351 e. The number of hydrogen-bond acceptors (Lipinski definition) is 4. The average Bonchev–Trinajstić information content (AvgIpc) is 2.80. The molecule has 1 aliphatic rings. The smallest absolute Gasteiger partial charge is 0.226 e. The first-order chi connectivity index (χ1) is 9.36. The third-order valence-electron chi connectivity index (χ3n) is 3.64. The number of nitrogens with zero attached hydrogens (tertiary/aromatic N) is 1. The number of piperidine rings is 1. The van der Waals surface area contributed by atoms with E-state index in [0.717, 1.165) is 30.1 Å². The summed E-state index contributed by atoms with van der Waals surface area (Å²) in [5.41, 5.74) is 0.940. The van der Waals surface area contributed by atoms with Gasteiger partial charge in [-0.15, -0.1) is 36.2 Å². The molecule has 0 bridgehead atoms. The number of carbonyl (C=O) groups excluding carboxylic acids is 1. The second kappa shape index (κ2) is 9.06. The minimum Gasteiger partial charge on any atom is -0.351 e. The maximum atomic E-state index is 12.1. The minimum absolute atomic E-state index is 0. The molecule has 0 spiro atoms. The van der Waals surface area contributed by atoms with E-state index < -0.39 is 0 Å². The molecular weight excluding hydrogens is 341 g/mol. The number of aromatic nitrogens is 1. The lowest BCUT2D eigenvalue weighted by molar-refractivity contribution is -0.121. The Morgan fingerprint density at radius 3 is 2.68 bits per heavy atom. The van der Waals surface area contributed by atoms with Crippen LogP contribution in [0.2, 0.25) is 0 Å². The van der Waals surface area contributed by atoms with Crippen LogP contribution in [0.15, 0.2) is 5.38 Å². The molecular formula is C15H27Cl2N3OS. The molecule has 1 fully saturated rings. The van der Waals surface area contributed by atoms with Crippen LogP contribution < -0.4 is 10.6 Å². The third kappa shape index (κ3) is 6.03. The summed E-state index contributed by atoms with van der Waals surface area (Å²) in [4.78, 5) is 16.7. The second-order valence-electron chi connectivity index (χ2n) is 6.63. The molecule has 2 N–H and O–H groups in total. The molecule has 1 aliphatic heterocycles. The highest BCUT2D eigenvalue weighted by Crippen LogP contribution is 2.25. The molecule has 1 saturated heterocycles. The maximum Gasteiger partial charge on any atom is 0.226 e. The summed E-state index contributed by atoms with van der Waals surface area (Å²) in [6, 6.07) is 0.602. The van der Waals surface area contributed by atoms with Crippen molar-refractivity contribution in [3.8, 4) is 0 Å². The number of thiazole rings is 1. The molecule has 1 aromatic rings. The Kier molecular flexibility index (Phi) is 8.91. The summed E-state index contributed by atoms with van der Waals surface area (Å²) in [6.45, 7) is 9.61. The molecule has 0 aliphatic carbocycles. The van der Waals surface area contributed by atoms with Crippen molar-refractivity contribution in [2.45, 2.75) is 64.5 Å². The van der Waals surface area contributed by atoms with Gasteiger partial charge >= 0.3 is 0 Å².